The van der Waals surface area contributed by atoms with Crippen molar-refractivity contribution >= 4 is 11.8 Å². The fourth-order valence-corrected chi connectivity index (χ4v) is 2.70. The molecule has 1 saturated carbocycles. The monoisotopic (exact) mass is 282 g/mol. The summed E-state index contributed by atoms with van der Waals surface area (Å²) in [5, 5.41) is 6.21. The quantitative estimate of drug-likeness (QED) is 0.787. The first-order valence-electron chi connectivity index (χ1n) is 7.95. The van der Waals surface area contributed by atoms with Gasteiger partial charge in [0.2, 0.25) is 11.8 Å². The number of hydrogen-bond donors (Lipinski definition) is 2. The normalized spacial score (nSPS) is 22.9. The molecule has 0 unspecified atom stereocenters. The van der Waals surface area contributed by atoms with Gasteiger partial charge in [0.05, 0.1) is 0 Å². The second-order valence-electron chi connectivity index (χ2n) is 6.88. The highest BCUT2D eigenvalue weighted by molar-refractivity contribution is 5.77. The van der Waals surface area contributed by atoms with E-state index in [4.69, 9.17) is 0 Å². The zero-order valence-corrected chi connectivity index (χ0v) is 13.4. The van der Waals surface area contributed by atoms with Crippen molar-refractivity contribution in [3.8, 4) is 0 Å². The van der Waals surface area contributed by atoms with Gasteiger partial charge in [0.25, 0.3) is 0 Å². The Morgan fingerprint density at radius 2 is 1.10 bits per heavy atom. The number of carbonyl (C=O) groups excluding carboxylic acids is 2. The molecule has 2 amide bonds. The average Bonchev–Trinajstić information content (AvgIpc) is 2.29. The largest absolute Gasteiger partial charge is 0.353 e. The highest BCUT2D eigenvalue weighted by Gasteiger charge is 2.23. The predicted octanol–water partition coefficient (Wildman–Crippen LogP) is 2.62. The van der Waals surface area contributed by atoms with Gasteiger partial charge in [-0.2, -0.15) is 0 Å². The molecule has 0 aliphatic heterocycles. The van der Waals surface area contributed by atoms with Gasteiger partial charge >= 0.3 is 0 Å². The first-order chi connectivity index (χ1) is 9.36. The molecule has 4 heteroatoms. The highest BCUT2D eigenvalue weighted by atomic mass is 16.2. The van der Waals surface area contributed by atoms with Crippen molar-refractivity contribution in [2.75, 3.05) is 0 Å². The van der Waals surface area contributed by atoms with Crippen LogP contribution in [-0.2, 0) is 9.59 Å². The Hall–Kier alpha value is -1.06. The van der Waals surface area contributed by atoms with E-state index in [0.717, 1.165) is 25.7 Å². The number of carbonyl (C=O) groups is 2. The topological polar surface area (TPSA) is 58.2 Å². The van der Waals surface area contributed by atoms with Crippen molar-refractivity contribution in [3.05, 3.63) is 0 Å². The van der Waals surface area contributed by atoms with Gasteiger partial charge < -0.3 is 10.6 Å². The van der Waals surface area contributed by atoms with Crippen LogP contribution in [0.2, 0.25) is 0 Å². The zero-order valence-electron chi connectivity index (χ0n) is 13.4. The summed E-state index contributed by atoms with van der Waals surface area (Å²) in [6, 6.07) is 0.582. The molecule has 2 N–H and O–H groups in total. The molecule has 0 radical (unpaired) electrons. The van der Waals surface area contributed by atoms with Gasteiger partial charge in [-0.25, -0.2) is 0 Å². The van der Waals surface area contributed by atoms with Crippen LogP contribution in [0, 0.1) is 11.8 Å². The summed E-state index contributed by atoms with van der Waals surface area (Å²) in [4.78, 5) is 23.4. The van der Waals surface area contributed by atoms with Gasteiger partial charge in [-0.15, -0.1) is 0 Å². The van der Waals surface area contributed by atoms with Crippen LogP contribution in [0.3, 0.4) is 0 Å². The maximum atomic E-state index is 11.7. The molecular formula is C16H30N2O2. The molecular weight excluding hydrogens is 252 g/mol. The van der Waals surface area contributed by atoms with Gasteiger partial charge in [0.15, 0.2) is 0 Å². The van der Waals surface area contributed by atoms with E-state index in [1.165, 1.54) is 0 Å². The average molecular weight is 282 g/mol. The van der Waals surface area contributed by atoms with Crippen LogP contribution in [0.25, 0.3) is 0 Å². The first kappa shape index (κ1) is 17.0. The standard InChI is InChI=1S/C16H30N2O2/c1-11(2)9-15(19)17-13-5-7-14(8-6-13)18-16(20)10-12(3)4/h11-14H,5-10H2,1-4H3,(H,17,19)(H,18,20). The predicted molar refractivity (Wildman–Crippen MR) is 81.2 cm³/mol. The lowest BCUT2D eigenvalue weighted by Crippen LogP contribution is -2.44. The summed E-state index contributed by atoms with van der Waals surface area (Å²) in [7, 11) is 0. The Balaban J connectivity index is 2.23. The molecule has 0 bridgehead atoms. The molecule has 1 aliphatic rings. The van der Waals surface area contributed by atoms with Crippen molar-refractivity contribution in [1.29, 1.82) is 0 Å². The summed E-state index contributed by atoms with van der Waals surface area (Å²) in [5.41, 5.74) is 0. The second kappa shape index (κ2) is 8.28. The van der Waals surface area contributed by atoms with Crippen LogP contribution < -0.4 is 10.6 Å². The molecule has 0 spiro atoms. The van der Waals surface area contributed by atoms with Gasteiger partial charge in [0, 0.05) is 24.9 Å². The van der Waals surface area contributed by atoms with Crippen molar-refractivity contribution in [3.63, 3.8) is 0 Å². The molecule has 0 heterocycles. The van der Waals surface area contributed by atoms with Gasteiger partial charge in [-0.3, -0.25) is 9.59 Å². The Labute approximate surface area is 123 Å². The lowest BCUT2D eigenvalue weighted by molar-refractivity contribution is -0.124. The van der Waals surface area contributed by atoms with Crippen molar-refractivity contribution in [1.82, 2.24) is 10.6 Å². The van der Waals surface area contributed by atoms with Crippen molar-refractivity contribution < 1.29 is 9.59 Å². The van der Waals surface area contributed by atoms with E-state index < -0.39 is 0 Å². The molecule has 116 valence electrons. The molecule has 0 aromatic carbocycles. The third-order valence-electron chi connectivity index (χ3n) is 3.64. The van der Waals surface area contributed by atoms with Crippen LogP contribution in [0.4, 0.5) is 0 Å². The summed E-state index contributed by atoms with van der Waals surface area (Å²) in [5.74, 6) is 1.13. The van der Waals surface area contributed by atoms with Crippen LogP contribution in [-0.4, -0.2) is 23.9 Å². The van der Waals surface area contributed by atoms with Crippen molar-refractivity contribution in [2.24, 2.45) is 11.8 Å². The number of hydrogen-bond acceptors (Lipinski definition) is 2. The lowest BCUT2D eigenvalue weighted by Gasteiger charge is -2.30. The summed E-state index contributed by atoms with van der Waals surface area (Å²) in [6.45, 7) is 8.23. The third kappa shape index (κ3) is 6.92. The van der Waals surface area contributed by atoms with E-state index in [1.807, 2.05) is 0 Å². The van der Waals surface area contributed by atoms with E-state index in [2.05, 4.69) is 38.3 Å². The molecule has 1 aliphatic carbocycles. The van der Waals surface area contributed by atoms with E-state index in [1.54, 1.807) is 0 Å². The molecule has 0 atom stereocenters. The smallest absolute Gasteiger partial charge is 0.220 e. The minimum atomic E-state index is 0.160. The second-order valence-corrected chi connectivity index (χ2v) is 6.88. The minimum Gasteiger partial charge on any atom is -0.353 e. The molecule has 1 rings (SSSR count). The summed E-state index contributed by atoms with van der Waals surface area (Å²) < 4.78 is 0. The van der Waals surface area contributed by atoms with E-state index in [-0.39, 0.29) is 11.8 Å². The molecule has 20 heavy (non-hydrogen) atoms. The van der Waals surface area contributed by atoms with Crippen molar-refractivity contribution in [2.45, 2.75) is 78.3 Å². The third-order valence-corrected chi connectivity index (χ3v) is 3.64. The van der Waals surface area contributed by atoms with Gasteiger partial charge in [-0.1, -0.05) is 27.7 Å². The fourth-order valence-electron chi connectivity index (χ4n) is 2.70. The van der Waals surface area contributed by atoms with E-state index in [0.29, 0.717) is 36.8 Å². The summed E-state index contributed by atoms with van der Waals surface area (Å²) >= 11 is 0. The van der Waals surface area contributed by atoms with Gasteiger partial charge in [0.1, 0.15) is 0 Å². The summed E-state index contributed by atoms with van der Waals surface area (Å²) in [6.07, 6.45) is 5.08. The minimum absolute atomic E-state index is 0.160. The van der Waals surface area contributed by atoms with E-state index in [9.17, 15) is 9.59 Å². The molecule has 0 aromatic rings. The Bertz CT molecular complexity index is 286. The van der Waals surface area contributed by atoms with Crippen LogP contribution in [0.1, 0.15) is 66.2 Å². The molecule has 0 saturated heterocycles. The number of nitrogens with one attached hydrogen (secondary N) is 2. The maximum absolute atomic E-state index is 11.7. The lowest BCUT2D eigenvalue weighted by atomic mass is 9.90. The van der Waals surface area contributed by atoms with Crippen LogP contribution in [0.15, 0.2) is 0 Å². The Morgan fingerprint density at radius 3 is 1.35 bits per heavy atom. The highest BCUT2D eigenvalue weighted by Crippen LogP contribution is 2.19. The Morgan fingerprint density at radius 1 is 0.800 bits per heavy atom. The molecule has 0 aromatic heterocycles. The number of amides is 2. The van der Waals surface area contributed by atoms with E-state index >= 15 is 0 Å². The van der Waals surface area contributed by atoms with Crippen LogP contribution >= 0.6 is 0 Å². The first-order valence-corrected chi connectivity index (χ1v) is 7.95. The zero-order chi connectivity index (χ0) is 15.1. The van der Waals surface area contributed by atoms with Gasteiger partial charge in [-0.05, 0) is 37.5 Å². The van der Waals surface area contributed by atoms with Crippen LogP contribution in [0.5, 0.6) is 0 Å². The molecule has 1 fully saturated rings. The molecule has 4 nitrogen and oxygen atoms in total. The number of rotatable bonds is 6. The fraction of sp³-hybridized carbons (Fsp3) is 0.875. The Kier molecular flexibility index (Phi) is 7.03. The SMILES string of the molecule is CC(C)CC(=O)NC1CCC(NC(=O)CC(C)C)CC1. The maximum Gasteiger partial charge on any atom is 0.220 e.